The number of para-hydroxylation sites is 1. The molecule has 0 bridgehead atoms. The van der Waals surface area contributed by atoms with Crippen LogP contribution in [0.25, 0.3) is 28.1 Å². The molecule has 192 valence electrons. The SMILES string of the molecule is Cc1nc2c(C(N)=O)cccn2c1-c1nc(NCc2cccc(B(O)O)c2)c2cccc(OCCN)c2n1. The molecule has 11 nitrogen and oxygen atoms in total. The number of aromatic nitrogens is 4. The number of benzene rings is 2. The first-order chi connectivity index (χ1) is 18.4. The number of primary amides is 1. The molecule has 0 aliphatic carbocycles. The number of aryl methyl sites for hydroxylation is 1. The molecule has 38 heavy (non-hydrogen) atoms. The molecule has 0 saturated heterocycles. The lowest BCUT2D eigenvalue weighted by molar-refractivity contribution is 0.100. The number of fused-ring (bicyclic) bond motifs is 2. The summed E-state index contributed by atoms with van der Waals surface area (Å²) < 4.78 is 7.63. The number of carbonyl (C=O) groups is 1. The smallest absolute Gasteiger partial charge is 0.488 e. The maximum atomic E-state index is 12.0. The first-order valence-corrected chi connectivity index (χ1v) is 12.0. The van der Waals surface area contributed by atoms with E-state index in [1.54, 1.807) is 40.9 Å². The minimum Gasteiger partial charge on any atom is -0.490 e. The number of pyridine rings is 1. The monoisotopic (exact) mass is 511 g/mol. The van der Waals surface area contributed by atoms with Crippen molar-refractivity contribution in [3.63, 3.8) is 0 Å². The van der Waals surface area contributed by atoms with Crippen molar-refractivity contribution in [3.05, 3.63) is 77.6 Å². The van der Waals surface area contributed by atoms with E-state index in [9.17, 15) is 14.8 Å². The van der Waals surface area contributed by atoms with E-state index in [1.807, 2.05) is 31.2 Å². The van der Waals surface area contributed by atoms with E-state index in [-0.39, 0.29) is 0 Å². The Kier molecular flexibility index (Phi) is 6.92. The molecule has 12 heteroatoms. The second-order valence-electron chi connectivity index (χ2n) is 8.68. The molecule has 3 aromatic heterocycles. The summed E-state index contributed by atoms with van der Waals surface area (Å²) >= 11 is 0. The molecule has 0 spiro atoms. The second kappa shape index (κ2) is 10.5. The summed E-state index contributed by atoms with van der Waals surface area (Å²) in [7, 11) is -1.56. The topological polar surface area (TPSA) is 174 Å². The van der Waals surface area contributed by atoms with Gasteiger partial charge in [-0.2, -0.15) is 0 Å². The number of hydrogen-bond acceptors (Lipinski definition) is 9. The fraction of sp³-hybridized carbons (Fsp3) is 0.154. The maximum Gasteiger partial charge on any atom is 0.488 e. The number of carbonyl (C=O) groups excluding carboxylic acids is 1. The normalized spacial score (nSPS) is 11.2. The molecule has 0 saturated carbocycles. The predicted octanol–water partition coefficient (Wildman–Crippen LogP) is 0.981. The van der Waals surface area contributed by atoms with Crippen LogP contribution in [0.2, 0.25) is 0 Å². The number of anilines is 1. The zero-order valence-corrected chi connectivity index (χ0v) is 20.6. The first-order valence-electron chi connectivity index (χ1n) is 12.0. The molecule has 5 rings (SSSR count). The summed E-state index contributed by atoms with van der Waals surface area (Å²) in [5.41, 5.74) is 15.0. The van der Waals surface area contributed by atoms with E-state index in [2.05, 4.69) is 10.3 Å². The van der Waals surface area contributed by atoms with E-state index in [1.165, 1.54) is 0 Å². The number of amides is 1. The third-order valence-electron chi connectivity index (χ3n) is 6.08. The van der Waals surface area contributed by atoms with Gasteiger partial charge in [0.1, 0.15) is 35.0 Å². The van der Waals surface area contributed by atoms with E-state index in [4.69, 9.17) is 26.2 Å². The van der Waals surface area contributed by atoms with Crippen LogP contribution in [-0.2, 0) is 6.54 Å². The van der Waals surface area contributed by atoms with Gasteiger partial charge in [-0.1, -0.05) is 30.3 Å². The van der Waals surface area contributed by atoms with Gasteiger partial charge in [0.2, 0.25) is 0 Å². The van der Waals surface area contributed by atoms with Gasteiger partial charge >= 0.3 is 7.12 Å². The Hall–Kier alpha value is -4.52. The molecule has 3 heterocycles. The summed E-state index contributed by atoms with van der Waals surface area (Å²) in [6.07, 6.45) is 1.78. The average Bonchev–Trinajstić information content (AvgIpc) is 3.26. The van der Waals surface area contributed by atoms with E-state index >= 15 is 0 Å². The van der Waals surface area contributed by atoms with Crippen molar-refractivity contribution in [2.24, 2.45) is 11.5 Å². The molecule has 5 aromatic rings. The van der Waals surface area contributed by atoms with Gasteiger partial charge in [0.05, 0.1) is 11.3 Å². The third-order valence-corrected chi connectivity index (χ3v) is 6.08. The minimum absolute atomic E-state index is 0.291. The van der Waals surface area contributed by atoms with Crippen molar-refractivity contribution in [3.8, 4) is 17.3 Å². The zero-order chi connectivity index (χ0) is 26.8. The fourth-order valence-corrected chi connectivity index (χ4v) is 4.34. The lowest BCUT2D eigenvalue weighted by Crippen LogP contribution is -2.30. The van der Waals surface area contributed by atoms with E-state index in [0.29, 0.717) is 70.7 Å². The van der Waals surface area contributed by atoms with Gasteiger partial charge in [-0.05, 0) is 42.2 Å². The number of nitrogens with two attached hydrogens (primary N) is 2. The standard InChI is InChI=1S/C26H26BN7O4/c1-15-22(34-11-4-8-19(23(29)35)26(34)31-15)25-32-21-18(7-3-9-20(21)38-12-10-28)24(33-25)30-14-16-5-2-6-17(13-16)27(36)37/h2-9,11,13,36-37H,10,12,14,28H2,1H3,(H2,29,35)(H,30,32,33). The van der Waals surface area contributed by atoms with Gasteiger partial charge in [-0.3, -0.25) is 9.20 Å². The highest BCUT2D eigenvalue weighted by Gasteiger charge is 2.21. The molecule has 1 amide bonds. The second-order valence-corrected chi connectivity index (χ2v) is 8.68. The van der Waals surface area contributed by atoms with Crippen LogP contribution < -0.4 is 27.0 Å². The number of nitrogens with zero attached hydrogens (tertiary/aromatic N) is 4. The first kappa shape index (κ1) is 25.1. The van der Waals surface area contributed by atoms with Crippen molar-refractivity contribution in [2.75, 3.05) is 18.5 Å². The highest BCUT2D eigenvalue weighted by Crippen LogP contribution is 2.33. The van der Waals surface area contributed by atoms with Gasteiger partial charge in [0.25, 0.3) is 5.91 Å². The van der Waals surface area contributed by atoms with Gasteiger partial charge in [0, 0.05) is 24.7 Å². The predicted molar refractivity (Wildman–Crippen MR) is 145 cm³/mol. The number of nitrogens with one attached hydrogen (secondary N) is 1. The molecular formula is C26H26BN7O4. The van der Waals surface area contributed by atoms with Crippen LogP contribution in [0.5, 0.6) is 5.75 Å². The van der Waals surface area contributed by atoms with Crippen LogP contribution in [0.1, 0.15) is 21.6 Å². The lowest BCUT2D eigenvalue weighted by atomic mass is 9.80. The molecule has 0 radical (unpaired) electrons. The fourth-order valence-electron chi connectivity index (χ4n) is 4.34. The number of rotatable bonds is 9. The number of ether oxygens (including phenoxy) is 1. The van der Waals surface area contributed by atoms with E-state index < -0.39 is 13.0 Å². The van der Waals surface area contributed by atoms with Gasteiger partial charge in [-0.15, -0.1) is 0 Å². The van der Waals surface area contributed by atoms with Crippen molar-refractivity contribution in [1.82, 2.24) is 19.4 Å². The van der Waals surface area contributed by atoms with Crippen molar-refractivity contribution in [2.45, 2.75) is 13.5 Å². The maximum absolute atomic E-state index is 12.0. The largest absolute Gasteiger partial charge is 0.490 e. The molecular weight excluding hydrogens is 485 g/mol. The van der Waals surface area contributed by atoms with Gasteiger partial charge < -0.3 is 31.6 Å². The summed E-state index contributed by atoms with van der Waals surface area (Å²) in [5, 5.41) is 23.2. The average molecular weight is 511 g/mol. The summed E-state index contributed by atoms with van der Waals surface area (Å²) in [6.45, 7) is 2.83. The lowest BCUT2D eigenvalue weighted by Gasteiger charge is -2.14. The highest BCUT2D eigenvalue weighted by atomic mass is 16.5. The van der Waals surface area contributed by atoms with Gasteiger partial charge in [0.15, 0.2) is 5.82 Å². The summed E-state index contributed by atoms with van der Waals surface area (Å²) in [4.78, 5) is 26.3. The molecule has 0 aliphatic heterocycles. The Morgan fingerprint density at radius 1 is 1.11 bits per heavy atom. The summed E-state index contributed by atoms with van der Waals surface area (Å²) in [6, 6.07) is 15.9. The number of imidazole rings is 1. The van der Waals surface area contributed by atoms with Crippen LogP contribution in [0.15, 0.2) is 60.8 Å². The van der Waals surface area contributed by atoms with E-state index in [0.717, 1.165) is 10.9 Å². The Bertz CT molecular complexity index is 1650. The molecule has 7 N–H and O–H groups in total. The Labute approximate surface area is 218 Å². The Morgan fingerprint density at radius 3 is 2.68 bits per heavy atom. The quantitative estimate of drug-likeness (QED) is 0.181. The summed E-state index contributed by atoms with van der Waals surface area (Å²) in [5.74, 6) is 0.879. The minimum atomic E-state index is -1.56. The molecule has 0 atom stereocenters. The highest BCUT2D eigenvalue weighted by molar-refractivity contribution is 6.58. The Morgan fingerprint density at radius 2 is 1.92 bits per heavy atom. The van der Waals surface area contributed by atoms with Crippen LogP contribution in [0, 0.1) is 6.92 Å². The molecule has 2 aromatic carbocycles. The molecule has 0 aliphatic rings. The van der Waals surface area contributed by atoms with Crippen molar-refractivity contribution >= 4 is 40.9 Å². The third kappa shape index (κ3) is 4.75. The van der Waals surface area contributed by atoms with Crippen LogP contribution in [0.4, 0.5) is 5.82 Å². The van der Waals surface area contributed by atoms with Gasteiger partial charge in [-0.25, -0.2) is 15.0 Å². The van der Waals surface area contributed by atoms with Crippen molar-refractivity contribution < 1.29 is 19.6 Å². The molecule has 0 fully saturated rings. The van der Waals surface area contributed by atoms with Crippen LogP contribution in [0.3, 0.4) is 0 Å². The van der Waals surface area contributed by atoms with Crippen molar-refractivity contribution in [1.29, 1.82) is 0 Å². The Balaban J connectivity index is 1.66. The zero-order valence-electron chi connectivity index (χ0n) is 20.6. The van der Waals surface area contributed by atoms with Crippen LogP contribution >= 0.6 is 0 Å². The van der Waals surface area contributed by atoms with Crippen LogP contribution in [-0.4, -0.2) is 55.6 Å². The molecule has 0 unspecified atom stereocenters. The number of hydrogen-bond donors (Lipinski definition) is 5.